The maximum Gasteiger partial charge on any atom is 0.298 e. The number of nitro benzene ring substituents is 1. The highest BCUT2D eigenvalue weighted by Gasteiger charge is 2.14. The number of fused-ring (bicyclic) bond motifs is 1. The van der Waals surface area contributed by atoms with Gasteiger partial charge in [-0.3, -0.25) is 10.1 Å². The minimum atomic E-state index is -0.580. The minimum absolute atomic E-state index is 0.0518. The lowest BCUT2D eigenvalue weighted by atomic mass is 10.1. The molecule has 114 valence electrons. The van der Waals surface area contributed by atoms with E-state index in [4.69, 9.17) is 11.6 Å². The van der Waals surface area contributed by atoms with Crippen molar-refractivity contribution >= 4 is 39.4 Å². The van der Waals surface area contributed by atoms with Gasteiger partial charge >= 0.3 is 0 Å². The molecular weight excluding hydrogens is 318 g/mol. The molecule has 7 heteroatoms. The number of phenolic OH excluding ortho intramolecular Hbond substituents is 1. The van der Waals surface area contributed by atoms with Crippen LogP contribution in [0.5, 0.6) is 5.75 Å². The fourth-order valence-electron chi connectivity index (χ4n) is 2.18. The van der Waals surface area contributed by atoms with Gasteiger partial charge in [0.1, 0.15) is 11.4 Å². The van der Waals surface area contributed by atoms with Crippen molar-refractivity contribution in [1.82, 2.24) is 0 Å². The summed E-state index contributed by atoms with van der Waals surface area (Å²) in [4.78, 5) is 10.5. The standard InChI is InChI=1S/C16H10ClN3O3/c17-11-6-7-13(14(9-11)20(22)23)18-19-16-12-4-2-1-3-10(12)5-8-15(16)21/h1-9,21H. The number of nitro groups is 1. The summed E-state index contributed by atoms with van der Waals surface area (Å²) in [5, 5.41) is 30.8. The quantitative estimate of drug-likeness (QED) is 0.390. The summed E-state index contributed by atoms with van der Waals surface area (Å²) < 4.78 is 0. The third-order valence-electron chi connectivity index (χ3n) is 3.27. The molecule has 0 bridgehead atoms. The van der Waals surface area contributed by atoms with Crippen molar-refractivity contribution in [3.05, 3.63) is 69.7 Å². The van der Waals surface area contributed by atoms with Crippen LogP contribution < -0.4 is 0 Å². The number of phenols is 1. The normalized spacial score (nSPS) is 11.2. The number of halogens is 1. The Kier molecular flexibility index (Phi) is 3.91. The van der Waals surface area contributed by atoms with Crippen molar-refractivity contribution in [2.45, 2.75) is 0 Å². The molecule has 1 N–H and O–H groups in total. The van der Waals surface area contributed by atoms with E-state index in [9.17, 15) is 15.2 Å². The SMILES string of the molecule is O=[N+]([O-])c1cc(Cl)ccc1N=Nc1c(O)ccc2ccccc12. The number of azo groups is 1. The molecule has 0 fully saturated rings. The highest BCUT2D eigenvalue weighted by atomic mass is 35.5. The zero-order chi connectivity index (χ0) is 16.4. The molecule has 0 aromatic heterocycles. The van der Waals surface area contributed by atoms with Crippen LogP contribution in [-0.2, 0) is 0 Å². The van der Waals surface area contributed by atoms with Gasteiger partial charge in [-0.05, 0) is 23.6 Å². The molecule has 0 saturated heterocycles. The molecule has 6 nitrogen and oxygen atoms in total. The second kappa shape index (κ2) is 6.02. The Balaban J connectivity index is 2.11. The van der Waals surface area contributed by atoms with E-state index in [2.05, 4.69) is 10.2 Å². The minimum Gasteiger partial charge on any atom is -0.506 e. The molecule has 0 atom stereocenters. The molecule has 0 saturated carbocycles. The topological polar surface area (TPSA) is 88.1 Å². The number of hydrogen-bond donors (Lipinski definition) is 1. The van der Waals surface area contributed by atoms with Crippen molar-refractivity contribution < 1.29 is 10.0 Å². The first-order valence-corrected chi connectivity index (χ1v) is 7.00. The monoisotopic (exact) mass is 327 g/mol. The van der Waals surface area contributed by atoms with Crippen LogP contribution in [0.4, 0.5) is 17.1 Å². The van der Waals surface area contributed by atoms with Crippen molar-refractivity contribution in [3.63, 3.8) is 0 Å². The van der Waals surface area contributed by atoms with Crippen molar-refractivity contribution in [1.29, 1.82) is 0 Å². The Morgan fingerprint density at radius 2 is 1.83 bits per heavy atom. The largest absolute Gasteiger partial charge is 0.506 e. The predicted molar refractivity (Wildman–Crippen MR) is 87.9 cm³/mol. The van der Waals surface area contributed by atoms with Gasteiger partial charge in [0.05, 0.1) is 4.92 Å². The molecule has 0 aliphatic heterocycles. The van der Waals surface area contributed by atoms with Crippen molar-refractivity contribution in [3.8, 4) is 5.75 Å². The molecule has 0 amide bonds. The fraction of sp³-hybridized carbons (Fsp3) is 0. The smallest absolute Gasteiger partial charge is 0.298 e. The molecule has 0 spiro atoms. The highest BCUT2D eigenvalue weighted by molar-refractivity contribution is 6.30. The molecular formula is C16H10ClN3O3. The van der Waals surface area contributed by atoms with Crippen molar-refractivity contribution in [2.75, 3.05) is 0 Å². The van der Waals surface area contributed by atoms with Crippen LogP contribution in [0, 0.1) is 10.1 Å². The average molecular weight is 328 g/mol. The van der Waals surface area contributed by atoms with E-state index in [0.29, 0.717) is 5.39 Å². The third kappa shape index (κ3) is 2.97. The lowest BCUT2D eigenvalue weighted by molar-refractivity contribution is -0.384. The van der Waals surface area contributed by atoms with E-state index >= 15 is 0 Å². The number of aromatic hydroxyl groups is 1. The summed E-state index contributed by atoms with van der Waals surface area (Å²) in [5.41, 5.74) is 0.0695. The fourth-order valence-corrected chi connectivity index (χ4v) is 2.35. The first kappa shape index (κ1) is 14.9. The Labute approximate surface area is 135 Å². The van der Waals surface area contributed by atoms with Crippen LogP contribution >= 0.6 is 11.6 Å². The Morgan fingerprint density at radius 3 is 2.61 bits per heavy atom. The van der Waals surface area contributed by atoms with E-state index in [-0.39, 0.29) is 27.8 Å². The third-order valence-corrected chi connectivity index (χ3v) is 3.51. The Morgan fingerprint density at radius 1 is 1.04 bits per heavy atom. The van der Waals surface area contributed by atoms with Crippen LogP contribution in [0.15, 0.2) is 64.8 Å². The highest BCUT2D eigenvalue weighted by Crippen LogP contribution is 2.37. The molecule has 23 heavy (non-hydrogen) atoms. The molecule has 3 aromatic rings. The lowest BCUT2D eigenvalue weighted by Crippen LogP contribution is -1.87. The Hall–Kier alpha value is -2.99. The van der Waals surface area contributed by atoms with Crippen LogP contribution in [0.3, 0.4) is 0 Å². The second-order valence-corrected chi connectivity index (χ2v) is 5.18. The van der Waals surface area contributed by atoms with Crippen LogP contribution in [0.1, 0.15) is 0 Å². The summed E-state index contributed by atoms with van der Waals surface area (Å²) >= 11 is 5.76. The predicted octanol–water partition coefficient (Wildman–Crippen LogP) is 5.52. The second-order valence-electron chi connectivity index (χ2n) is 4.74. The van der Waals surface area contributed by atoms with Gasteiger partial charge in [0.15, 0.2) is 5.69 Å². The zero-order valence-electron chi connectivity index (χ0n) is 11.7. The number of hydrogen-bond acceptors (Lipinski definition) is 5. The van der Waals surface area contributed by atoms with Gasteiger partial charge in [-0.2, -0.15) is 0 Å². The van der Waals surface area contributed by atoms with Crippen LogP contribution in [0.25, 0.3) is 10.8 Å². The molecule has 0 aliphatic rings. The van der Waals surface area contributed by atoms with Crippen molar-refractivity contribution in [2.24, 2.45) is 10.2 Å². The van der Waals surface area contributed by atoms with E-state index in [0.717, 1.165) is 5.39 Å². The van der Waals surface area contributed by atoms with E-state index in [1.54, 1.807) is 12.1 Å². The summed E-state index contributed by atoms with van der Waals surface area (Å²) in [6.07, 6.45) is 0. The summed E-state index contributed by atoms with van der Waals surface area (Å²) in [6.45, 7) is 0. The van der Waals surface area contributed by atoms with E-state index in [1.165, 1.54) is 24.3 Å². The van der Waals surface area contributed by atoms with Gasteiger partial charge in [-0.25, -0.2) is 0 Å². The van der Waals surface area contributed by atoms with Gasteiger partial charge in [0.2, 0.25) is 0 Å². The zero-order valence-corrected chi connectivity index (χ0v) is 12.4. The van der Waals surface area contributed by atoms with E-state index < -0.39 is 4.92 Å². The maximum atomic E-state index is 11.1. The molecule has 0 unspecified atom stereocenters. The first-order chi connectivity index (χ1) is 11.1. The Bertz CT molecular complexity index is 941. The molecule has 3 rings (SSSR count). The molecule has 0 heterocycles. The summed E-state index contributed by atoms with van der Waals surface area (Å²) in [7, 11) is 0. The van der Waals surface area contributed by atoms with Gasteiger partial charge in [-0.1, -0.05) is 41.9 Å². The average Bonchev–Trinajstić information content (AvgIpc) is 2.54. The van der Waals surface area contributed by atoms with Gasteiger partial charge in [0.25, 0.3) is 5.69 Å². The van der Waals surface area contributed by atoms with Gasteiger partial charge in [-0.15, -0.1) is 10.2 Å². The molecule has 0 aliphatic carbocycles. The van der Waals surface area contributed by atoms with Crippen LogP contribution in [-0.4, -0.2) is 10.0 Å². The van der Waals surface area contributed by atoms with Gasteiger partial charge in [0, 0.05) is 16.5 Å². The number of nitrogens with zero attached hydrogens (tertiary/aromatic N) is 3. The number of benzene rings is 3. The van der Waals surface area contributed by atoms with E-state index in [1.807, 2.05) is 18.2 Å². The molecule has 3 aromatic carbocycles. The number of rotatable bonds is 3. The lowest BCUT2D eigenvalue weighted by Gasteiger charge is -2.03. The maximum absolute atomic E-state index is 11.1. The first-order valence-electron chi connectivity index (χ1n) is 6.62. The van der Waals surface area contributed by atoms with Gasteiger partial charge < -0.3 is 5.11 Å². The summed E-state index contributed by atoms with van der Waals surface area (Å²) in [6, 6.07) is 14.7. The van der Waals surface area contributed by atoms with Crippen LogP contribution in [0.2, 0.25) is 5.02 Å². The molecule has 0 radical (unpaired) electrons. The summed E-state index contributed by atoms with van der Waals surface area (Å²) in [5.74, 6) is -0.0518.